The van der Waals surface area contributed by atoms with E-state index in [1.54, 1.807) is 18.2 Å². The Morgan fingerprint density at radius 2 is 2.03 bits per heavy atom. The molecule has 7 heteroatoms. The van der Waals surface area contributed by atoms with Crippen LogP contribution in [0.1, 0.15) is 59.4 Å². The van der Waals surface area contributed by atoms with Gasteiger partial charge in [0.2, 0.25) is 0 Å². The third-order valence-corrected chi connectivity index (χ3v) is 5.45. The van der Waals surface area contributed by atoms with Crippen LogP contribution in [0.25, 0.3) is 10.4 Å². The highest BCUT2D eigenvalue weighted by atomic mass is 16.5. The molecule has 0 bridgehead atoms. The molecular weight excluding hydrogens is 404 g/mol. The van der Waals surface area contributed by atoms with Crippen LogP contribution < -0.4 is 10.1 Å². The minimum absolute atomic E-state index is 0.0638. The quantitative estimate of drug-likeness (QED) is 0.154. The van der Waals surface area contributed by atoms with Gasteiger partial charge in [0.1, 0.15) is 5.75 Å². The second-order valence-corrected chi connectivity index (χ2v) is 7.48. The molecule has 0 heterocycles. The molecule has 2 rings (SSSR count). The molecule has 0 saturated carbocycles. The van der Waals surface area contributed by atoms with E-state index in [0.717, 1.165) is 37.9 Å². The Morgan fingerprint density at radius 3 is 2.56 bits per heavy atom. The van der Waals surface area contributed by atoms with Crippen LogP contribution in [-0.4, -0.2) is 31.9 Å². The van der Waals surface area contributed by atoms with E-state index in [4.69, 9.17) is 10.3 Å². The first-order valence-electron chi connectivity index (χ1n) is 10.9. The summed E-state index contributed by atoms with van der Waals surface area (Å²) in [4.78, 5) is 27.3. The molecule has 0 aromatic heterocycles. The van der Waals surface area contributed by atoms with Crippen molar-refractivity contribution in [1.82, 2.24) is 5.32 Å². The van der Waals surface area contributed by atoms with E-state index >= 15 is 0 Å². The van der Waals surface area contributed by atoms with Crippen molar-refractivity contribution < 1.29 is 14.3 Å². The Morgan fingerprint density at radius 1 is 1.34 bits per heavy atom. The largest absolute Gasteiger partial charge is 0.496 e. The van der Waals surface area contributed by atoms with Crippen LogP contribution in [0, 0.1) is 11.8 Å². The normalized spacial score (nSPS) is 15.2. The third-order valence-electron chi connectivity index (χ3n) is 5.45. The minimum atomic E-state index is -0.736. The molecule has 1 N–H and O–H groups in total. The molecule has 1 aliphatic rings. The van der Waals surface area contributed by atoms with Gasteiger partial charge in [0.25, 0.3) is 5.91 Å². The van der Waals surface area contributed by atoms with Gasteiger partial charge in [0.05, 0.1) is 12.7 Å². The van der Waals surface area contributed by atoms with Gasteiger partial charge in [-0.2, -0.15) is 0 Å². The van der Waals surface area contributed by atoms with E-state index in [2.05, 4.69) is 42.3 Å². The topological polar surface area (TPSA) is 104 Å². The number of ether oxygens (including phenoxy) is 1. The summed E-state index contributed by atoms with van der Waals surface area (Å²) in [6.07, 6.45) is 10.7. The number of allylic oxidation sites excluding steroid dienone is 4. The van der Waals surface area contributed by atoms with Gasteiger partial charge in [-0.15, -0.1) is 0 Å². The first-order valence-corrected chi connectivity index (χ1v) is 10.9. The monoisotopic (exact) mass is 438 g/mol. The number of methoxy groups -OCH3 is 1. The van der Waals surface area contributed by atoms with E-state index in [-0.39, 0.29) is 17.3 Å². The molecule has 2 unspecified atom stereocenters. The summed E-state index contributed by atoms with van der Waals surface area (Å²) < 4.78 is 5.25. The number of Topliss-reactive ketones (excluding diaryl/α,β-unsaturated/α-hetero) is 1. The minimum Gasteiger partial charge on any atom is -0.496 e. The van der Waals surface area contributed by atoms with Crippen molar-refractivity contribution in [2.75, 3.05) is 20.2 Å². The Labute approximate surface area is 190 Å². The van der Waals surface area contributed by atoms with Crippen molar-refractivity contribution in [3.63, 3.8) is 0 Å². The lowest BCUT2D eigenvalue weighted by molar-refractivity contribution is 0.0916. The molecule has 2 atom stereocenters. The van der Waals surface area contributed by atoms with Gasteiger partial charge < -0.3 is 10.1 Å². The summed E-state index contributed by atoms with van der Waals surface area (Å²) in [5.74, 6) is 0.100. The number of carbonyl (C=O) groups excluding carboxylic acids is 2. The van der Waals surface area contributed by atoms with Gasteiger partial charge in [-0.3, -0.25) is 9.59 Å². The number of nitrogens with one attached hydrogen (secondary N) is 1. The standard InChI is InChI=1S/C19H26N4O3.C6H8/c1-4-12(6-7-21-5-2)8-14-9-13-10-17(26-3)16(19(25)22-23-20)11-15(13)18(14)24;1-3-5-6-4-2/h10-12,14,21H,4-9H2,1-3H3;3-6H,1-2H2/b;6-5-. The Balaban J connectivity index is 0.000000751. The maximum atomic E-state index is 12.8. The molecule has 0 radical (unpaired) electrons. The van der Waals surface area contributed by atoms with Crippen molar-refractivity contribution in [3.05, 3.63) is 76.7 Å². The van der Waals surface area contributed by atoms with Gasteiger partial charge in [-0.05, 0) is 66.6 Å². The molecular formula is C25H34N4O3. The molecule has 32 heavy (non-hydrogen) atoms. The van der Waals surface area contributed by atoms with Crippen molar-refractivity contribution in [3.8, 4) is 5.75 Å². The number of ketones is 1. The number of hydrogen-bond donors (Lipinski definition) is 1. The maximum Gasteiger partial charge on any atom is 0.252 e. The summed E-state index contributed by atoms with van der Waals surface area (Å²) in [6.45, 7) is 13.1. The van der Waals surface area contributed by atoms with Gasteiger partial charge in [-0.25, -0.2) is 0 Å². The summed E-state index contributed by atoms with van der Waals surface area (Å²) in [5, 5.41) is 6.45. The first kappa shape index (κ1) is 26.9. The molecule has 0 aliphatic heterocycles. The Kier molecular flexibility index (Phi) is 12.4. The molecule has 0 fully saturated rings. The van der Waals surface area contributed by atoms with Crippen LogP contribution in [0.2, 0.25) is 0 Å². The fraction of sp³-hybridized carbons (Fsp3) is 0.440. The van der Waals surface area contributed by atoms with E-state index in [9.17, 15) is 9.59 Å². The molecule has 1 aromatic rings. The van der Waals surface area contributed by atoms with Gasteiger partial charge in [-0.1, -0.05) is 57.7 Å². The molecule has 0 spiro atoms. The molecule has 1 aliphatic carbocycles. The van der Waals surface area contributed by atoms with Crippen LogP contribution >= 0.6 is 0 Å². The third kappa shape index (κ3) is 7.84. The lowest BCUT2D eigenvalue weighted by Crippen LogP contribution is -2.20. The van der Waals surface area contributed by atoms with Crippen molar-refractivity contribution >= 4 is 11.7 Å². The predicted octanol–water partition coefficient (Wildman–Crippen LogP) is 5.83. The fourth-order valence-electron chi connectivity index (χ4n) is 3.75. The second-order valence-electron chi connectivity index (χ2n) is 7.48. The van der Waals surface area contributed by atoms with Crippen LogP contribution in [-0.2, 0) is 6.42 Å². The smallest absolute Gasteiger partial charge is 0.252 e. The molecule has 172 valence electrons. The highest BCUT2D eigenvalue weighted by molar-refractivity contribution is 6.06. The highest BCUT2D eigenvalue weighted by Crippen LogP contribution is 2.36. The Hall–Kier alpha value is -3.15. The zero-order valence-corrected chi connectivity index (χ0v) is 19.3. The van der Waals surface area contributed by atoms with Crippen LogP contribution in [0.3, 0.4) is 0 Å². The van der Waals surface area contributed by atoms with E-state index in [0.29, 0.717) is 23.7 Å². The van der Waals surface area contributed by atoms with Gasteiger partial charge in [0.15, 0.2) is 5.78 Å². The summed E-state index contributed by atoms with van der Waals surface area (Å²) in [5.41, 5.74) is 10.1. The number of rotatable bonds is 11. The molecule has 1 amide bonds. The zero-order chi connectivity index (χ0) is 23.9. The number of nitrogens with zero attached hydrogens (tertiary/aromatic N) is 3. The number of fused-ring (bicyclic) bond motifs is 1. The van der Waals surface area contributed by atoms with Crippen molar-refractivity contribution in [2.45, 2.75) is 39.5 Å². The number of carbonyl (C=O) groups is 2. The molecule has 0 saturated heterocycles. The zero-order valence-electron chi connectivity index (χ0n) is 19.3. The fourth-order valence-corrected chi connectivity index (χ4v) is 3.75. The number of azide groups is 1. The predicted molar refractivity (Wildman–Crippen MR) is 129 cm³/mol. The van der Waals surface area contributed by atoms with Gasteiger partial charge in [0, 0.05) is 16.4 Å². The summed E-state index contributed by atoms with van der Waals surface area (Å²) >= 11 is 0. The second kappa shape index (κ2) is 14.8. The van der Waals surface area contributed by atoms with Crippen molar-refractivity contribution in [2.24, 2.45) is 17.0 Å². The SMILES string of the molecule is C=C/C=C\C=C.CCNCCC(CC)CC1Cc2cc(OC)c(C(=O)N=[N+]=[N-])cc2C1=O. The van der Waals surface area contributed by atoms with Crippen LogP contribution in [0.4, 0.5) is 0 Å². The number of hydrogen-bond acceptors (Lipinski definition) is 4. The van der Waals surface area contributed by atoms with Crippen molar-refractivity contribution in [1.29, 1.82) is 0 Å². The average Bonchev–Trinajstić information content (AvgIpc) is 3.10. The van der Waals surface area contributed by atoms with E-state index in [1.807, 2.05) is 12.2 Å². The van der Waals surface area contributed by atoms with Crippen LogP contribution in [0.15, 0.2) is 54.7 Å². The summed E-state index contributed by atoms with van der Waals surface area (Å²) in [7, 11) is 1.46. The number of benzene rings is 1. The van der Waals surface area contributed by atoms with Gasteiger partial charge >= 0.3 is 0 Å². The average molecular weight is 439 g/mol. The lowest BCUT2D eigenvalue weighted by atomic mass is 9.88. The van der Waals surface area contributed by atoms with Crippen LogP contribution in [0.5, 0.6) is 5.75 Å². The van der Waals surface area contributed by atoms with E-state index < -0.39 is 5.91 Å². The Bertz CT molecular complexity index is 875. The summed E-state index contributed by atoms with van der Waals surface area (Å²) in [6, 6.07) is 3.25. The number of amides is 1. The lowest BCUT2D eigenvalue weighted by Gasteiger charge is -2.18. The van der Waals surface area contributed by atoms with E-state index in [1.165, 1.54) is 13.2 Å². The first-order chi connectivity index (χ1) is 15.5. The molecule has 1 aromatic carbocycles. The maximum absolute atomic E-state index is 12.8. The molecule has 7 nitrogen and oxygen atoms in total. The highest BCUT2D eigenvalue weighted by Gasteiger charge is 2.33.